The lowest BCUT2D eigenvalue weighted by Gasteiger charge is -2.19. The van der Waals surface area contributed by atoms with Gasteiger partial charge in [0.05, 0.1) is 13.2 Å². The molecule has 0 aromatic rings. The normalized spacial score (nSPS) is 13.9. The van der Waals surface area contributed by atoms with Crippen molar-refractivity contribution in [3.63, 3.8) is 0 Å². The molecule has 0 saturated carbocycles. The van der Waals surface area contributed by atoms with Crippen molar-refractivity contribution in [2.75, 3.05) is 26.4 Å². The Kier molecular flexibility index (Phi) is 51.9. The van der Waals surface area contributed by atoms with E-state index in [4.69, 9.17) is 24.3 Å². The Labute approximate surface area is 423 Å². The zero-order valence-electron chi connectivity index (χ0n) is 44.0. The van der Waals surface area contributed by atoms with Gasteiger partial charge in [0.2, 0.25) is 0 Å². The standard InChI is InChI=1S/C59H102NO8P/c1-3-5-7-9-11-13-15-17-18-19-20-21-22-23-24-25-26-27-28-29-30-31-32-33-34-35-36-37-38-40-42-44-46-48-50-52-59(62)68-57(56-67-69(63,64)66-54-53-60)55-65-58(61)51-49-47-45-43-41-39-16-14-12-10-8-6-4-2/h5-8,11-14,17-18,20-21,23-24,39,41,57H,3-4,9-10,15-16,19,22,25-38,40,42-56,60H2,1-2H3,(H,63,64)/b7-5-,8-6-,13-11-,14-12-,18-17-,21-20-,24-23-,41-39-. The van der Waals surface area contributed by atoms with Gasteiger partial charge >= 0.3 is 19.8 Å². The summed E-state index contributed by atoms with van der Waals surface area (Å²) in [5.74, 6) is -0.862. The Bertz CT molecular complexity index is 1450. The number of phosphoric acid groups is 1. The summed E-state index contributed by atoms with van der Waals surface area (Å²) in [6, 6.07) is 0. The van der Waals surface area contributed by atoms with Crippen molar-refractivity contribution in [1.82, 2.24) is 0 Å². The first-order chi connectivity index (χ1) is 33.8. The zero-order valence-corrected chi connectivity index (χ0v) is 44.9. The first-order valence-electron chi connectivity index (χ1n) is 27.7. The maximum Gasteiger partial charge on any atom is 0.472 e. The van der Waals surface area contributed by atoms with Gasteiger partial charge in [-0.3, -0.25) is 18.6 Å². The molecule has 0 heterocycles. The summed E-state index contributed by atoms with van der Waals surface area (Å²) in [4.78, 5) is 35.0. The number of allylic oxidation sites excluding steroid dienone is 16. The summed E-state index contributed by atoms with van der Waals surface area (Å²) >= 11 is 0. The second-order valence-electron chi connectivity index (χ2n) is 18.0. The summed E-state index contributed by atoms with van der Waals surface area (Å²) in [6.07, 6.45) is 72.0. The molecule has 0 aliphatic rings. The summed E-state index contributed by atoms with van der Waals surface area (Å²) in [5.41, 5.74) is 5.36. The maximum atomic E-state index is 12.7. The number of nitrogens with two attached hydrogens (primary N) is 1. The van der Waals surface area contributed by atoms with Crippen LogP contribution in [0.25, 0.3) is 0 Å². The number of ether oxygens (including phenoxy) is 2. The second kappa shape index (κ2) is 54.3. The van der Waals surface area contributed by atoms with E-state index in [1.807, 2.05) is 0 Å². The lowest BCUT2D eigenvalue weighted by molar-refractivity contribution is -0.161. The fourth-order valence-corrected chi connectivity index (χ4v) is 8.21. The molecular formula is C59H102NO8P. The third-order valence-corrected chi connectivity index (χ3v) is 12.4. The monoisotopic (exact) mass is 984 g/mol. The molecule has 0 saturated heterocycles. The zero-order chi connectivity index (χ0) is 50.2. The van der Waals surface area contributed by atoms with Crippen molar-refractivity contribution in [3.8, 4) is 0 Å². The number of phosphoric ester groups is 1. The first-order valence-corrected chi connectivity index (χ1v) is 29.2. The third kappa shape index (κ3) is 54.1. The molecule has 69 heavy (non-hydrogen) atoms. The Morgan fingerprint density at radius 3 is 1.13 bits per heavy atom. The average molecular weight is 984 g/mol. The molecule has 10 heteroatoms. The van der Waals surface area contributed by atoms with E-state index in [0.29, 0.717) is 12.8 Å². The molecule has 2 atom stereocenters. The van der Waals surface area contributed by atoms with Gasteiger partial charge in [-0.25, -0.2) is 4.57 Å². The van der Waals surface area contributed by atoms with Crippen LogP contribution in [0.3, 0.4) is 0 Å². The van der Waals surface area contributed by atoms with Gasteiger partial charge in [0.25, 0.3) is 0 Å². The third-order valence-electron chi connectivity index (χ3n) is 11.5. The molecule has 3 N–H and O–H groups in total. The van der Waals surface area contributed by atoms with Gasteiger partial charge in [-0.15, -0.1) is 0 Å². The van der Waals surface area contributed by atoms with Crippen molar-refractivity contribution >= 4 is 19.8 Å². The molecule has 0 aliphatic heterocycles. The van der Waals surface area contributed by atoms with E-state index in [-0.39, 0.29) is 32.6 Å². The second-order valence-corrected chi connectivity index (χ2v) is 19.5. The van der Waals surface area contributed by atoms with Crippen LogP contribution < -0.4 is 5.73 Å². The first kappa shape index (κ1) is 65.9. The molecule has 0 radical (unpaired) electrons. The largest absolute Gasteiger partial charge is 0.472 e. The van der Waals surface area contributed by atoms with E-state index in [2.05, 4.69) is 111 Å². The molecular weight excluding hydrogens is 882 g/mol. The highest BCUT2D eigenvalue weighted by atomic mass is 31.2. The topological polar surface area (TPSA) is 134 Å². The van der Waals surface area contributed by atoms with E-state index in [1.54, 1.807) is 0 Å². The molecule has 0 aromatic carbocycles. The van der Waals surface area contributed by atoms with Crippen molar-refractivity contribution in [3.05, 3.63) is 97.2 Å². The van der Waals surface area contributed by atoms with Crippen LogP contribution in [-0.2, 0) is 32.7 Å². The minimum Gasteiger partial charge on any atom is -0.462 e. The number of unbranched alkanes of at least 4 members (excludes halogenated alkanes) is 22. The summed E-state index contributed by atoms with van der Waals surface area (Å²) in [5, 5.41) is 0. The number of hydrogen-bond donors (Lipinski definition) is 2. The quantitative estimate of drug-likeness (QED) is 0.0264. The molecule has 0 rings (SSSR count). The predicted octanol–water partition coefficient (Wildman–Crippen LogP) is 17.3. The van der Waals surface area contributed by atoms with Crippen LogP contribution in [0.4, 0.5) is 0 Å². The van der Waals surface area contributed by atoms with Crippen molar-refractivity contribution in [2.45, 2.75) is 238 Å². The molecule has 0 spiro atoms. The molecule has 0 amide bonds. The Morgan fingerprint density at radius 2 is 0.754 bits per heavy atom. The Morgan fingerprint density at radius 1 is 0.435 bits per heavy atom. The molecule has 0 aliphatic carbocycles. The molecule has 0 fully saturated rings. The molecule has 0 bridgehead atoms. The van der Waals surface area contributed by atoms with Gasteiger partial charge in [0.15, 0.2) is 6.10 Å². The van der Waals surface area contributed by atoms with Crippen LogP contribution >= 0.6 is 7.82 Å². The highest BCUT2D eigenvalue weighted by Crippen LogP contribution is 2.43. The fourth-order valence-electron chi connectivity index (χ4n) is 7.44. The van der Waals surface area contributed by atoms with Gasteiger partial charge in [-0.05, 0) is 89.9 Å². The molecule has 0 aromatic heterocycles. The van der Waals surface area contributed by atoms with E-state index in [1.165, 1.54) is 103 Å². The van der Waals surface area contributed by atoms with Crippen LogP contribution in [-0.4, -0.2) is 49.3 Å². The van der Waals surface area contributed by atoms with Crippen molar-refractivity contribution in [1.29, 1.82) is 0 Å². The van der Waals surface area contributed by atoms with Gasteiger partial charge in [0, 0.05) is 19.4 Å². The van der Waals surface area contributed by atoms with Crippen LogP contribution in [0, 0.1) is 0 Å². The summed E-state index contributed by atoms with van der Waals surface area (Å²) in [6.45, 7) is 3.48. The molecule has 2 unspecified atom stereocenters. The van der Waals surface area contributed by atoms with Crippen LogP contribution in [0.15, 0.2) is 97.2 Å². The van der Waals surface area contributed by atoms with E-state index in [9.17, 15) is 19.0 Å². The maximum absolute atomic E-state index is 12.7. The molecule has 396 valence electrons. The van der Waals surface area contributed by atoms with Gasteiger partial charge in [-0.1, -0.05) is 227 Å². The van der Waals surface area contributed by atoms with Gasteiger partial charge in [-0.2, -0.15) is 0 Å². The van der Waals surface area contributed by atoms with E-state index in [0.717, 1.165) is 89.9 Å². The summed E-state index contributed by atoms with van der Waals surface area (Å²) in [7, 11) is -4.39. The smallest absolute Gasteiger partial charge is 0.462 e. The number of esters is 2. The highest BCUT2D eigenvalue weighted by molar-refractivity contribution is 7.47. The minimum absolute atomic E-state index is 0.0464. The Hall–Kier alpha value is -3.07. The fraction of sp³-hybridized carbons (Fsp3) is 0.695. The van der Waals surface area contributed by atoms with Crippen LogP contribution in [0.2, 0.25) is 0 Å². The van der Waals surface area contributed by atoms with E-state index >= 15 is 0 Å². The highest BCUT2D eigenvalue weighted by Gasteiger charge is 2.26. The van der Waals surface area contributed by atoms with Gasteiger partial charge < -0.3 is 20.1 Å². The summed E-state index contributed by atoms with van der Waals surface area (Å²) < 4.78 is 32.9. The lowest BCUT2D eigenvalue weighted by Crippen LogP contribution is -2.29. The molecule has 9 nitrogen and oxygen atoms in total. The number of carbonyl (C=O) groups excluding carboxylic acids is 2. The predicted molar refractivity (Wildman–Crippen MR) is 293 cm³/mol. The number of rotatable bonds is 51. The van der Waals surface area contributed by atoms with Crippen molar-refractivity contribution < 1.29 is 37.6 Å². The number of carbonyl (C=O) groups is 2. The lowest BCUT2D eigenvalue weighted by atomic mass is 10.0. The average Bonchev–Trinajstić information content (AvgIpc) is 3.34. The van der Waals surface area contributed by atoms with E-state index < -0.39 is 32.5 Å². The SMILES string of the molecule is CC/C=C\C/C=C\C/C=C\C/C=C\C/C=C\CCCCCCCCCCCCCCCCCCCCCC(=O)OC(COC(=O)CCCCC/C=C\C/C=C\C/C=C\CC)COP(=O)(O)OCCN. The minimum atomic E-state index is -4.39. The van der Waals surface area contributed by atoms with Crippen LogP contribution in [0.1, 0.15) is 232 Å². The van der Waals surface area contributed by atoms with Gasteiger partial charge in [0.1, 0.15) is 6.61 Å². The van der Waals surface area contributed by atoms with Crippen LogP contribution in [0.5, 0.6) is 0 Å². The number of hydrogen-bond acceptors (Lipinski definition) is 8. The van der Waals surface area contributed by atoms with Crippen molar-refractivity contribution in [2.24, 2.45) is 5.73 Å². The Balaban J connectivity index is 3.87.